The van der Waals surface area contributed by atoms with Gasteiger partial charge in [-0.3, -0.25) is 14.6 Å². The third kappa shape index (κ3) is 5.08. The second kappa shape index (κ2) is 9.44. The summed E-state index contributed by atoms with van der Waals surface area (Å²) in [5.74, 6) is -1.01. The summed E-state index contributed by atoms with van der Waals surface area (Å²) in [6.45, 7) is -0.0480. The van der Waals surface area contributed by atoms with Gasteiger partial charge in [0.2, 0.25) is 5.91 Å². The van der Waals surface area contributed by atoms with E-state index in [2.05, 4.69) is 15.6 Å². The third-order valence-electron chi connectivity index (χ3n) is 6.66. The molecule has 3 aliphatic rings. The summed E-state index contributed by atoms with van der Waals surface area (Å²) in [5.41, 5.74) is -0.798. The molecule has 0 saturated heterocycles. The zero-order valence-electron chi connectivity index (χ0n) is 17.7. The van der Waals surface area contributed by atoms with Crippen LogP contribution in [0, 0.1) is 11.2 Å². The maximum atomic E-state index is 13.5. The smallest absolute Gasteiger partial charge is 0.258 e. The first-order chi connectivity index (χ1) is 15.7. The fourth-order valence-corrected chi connectivity index (χ4v) is 4.97. The molecule has 1 heterocycles. The van der Waals surface area contributed by atoms with Crippen LogP contribution in [0.25, 0.3) is 0 Å². The van der Waals surface area contributed by atoms with Crippen LogP contribution in [0.3, 0.4) is 0 Å². The molecule has 176 valence electrons. The van der Waals surface area contributed by atoms with Gasteiger partial charge in [-0.25, -0.2) is 4.39 Å². The highest BCUT2D eigenvalue weighted by molar-refractivity contribution is 6.30. The highest BCUT2D eigenvalue weighted by atomic mass is 35.5. The summed E-state index contributed by atoms with van der Waals surface area (Å²) in [7, 11) is 0. The highest BCUT2D eigenvalue weighted by Gasteiger charge is 2.58. The zero-order chi connectivity index (χ0) is 23.6. The normalized spacial score (nSPS) is 26.0. The van der Waals surface area contributed by atoms with Crippen molar-refractivity contribution in [3.05, 3.63) is 58.1 Å². The Morgan fingerprint density at radius 1 is 1.18 bits per heavy atom. The molecule has 3 aliphatic carbocycles. The maximum absolute atomic E-state index is 13.5. The average Bonchev–Trinajstić information content (AvgIpc) is 2.80. The number of ether oxygens (including phenoxy) is 1. The molecule has 0 unspecified atom stereocenters. The molecular formula is C23H24Cl2FN3O4. The van der Waals surface area contributed by atoms with Gasteiger partial charge in [-0.05, 0) is 56.4 Å². The lowest BCUT2D eigenvalue weighted by molar-refractivity contribution is -0.156. The van der Waals surface area contributed by atoms with Crippen molar-refractivity contribution >= 4 is 35.0 Å². The van der Waals surface area contributed by atoms with E-state index in [9.17, 15) is 19.1 Å². The second-order valence-electron chi connectivity index (χ2n) is 8.72. The molecule has 2 bridgehead atoms. The molecule has 3 N–H and O–H groups in total. The number of pyridine rings is 1. The van der Waals surface area contributed by atoms with E-state index in [1.165, 1.54) is 18.3 Å². The minimum absolute atomic E-state index is 0.0268. The number of aromatic nitrogens is 1. The minimum Gasteiger partial charge on any atom is -0.484 e. The fourth-order valence-electron chi connectivity index (χ4n) is 4.74. The number of carbonyl (C=O) groups is 2. The number of nitrogens with one attached hydrogen (secondary N) is 2. The van der Waals surface area contributed by atoms with Crippen molar-refractivity contribution in [1.29, 1.82) is 0 Å². The van der Waals surface area contributed by atoms with Gasteiger partial charge in [-0.1, -0.05) is 23.2 Å². The molecule has 33 heavy (non-hydrogen) atoms. The standard InChI is InChI=1S/C23H24Cl2FN3O4/c24-14-1-2-15(27-11-14)12-28-21(32)23-7-5-22(6-8-23,10-19(23)30)29-20(31)13-33-16-3-4-17(25)18(26)9-16/h1-4,9,11,19,30H,5-8,10,12-13H2,(H,28,32)(H,29,31)/t19-,22?,23?/m0/s1. The van der Waals surface area contributed by atoms with Crippen molar-refractivity contribution < 1.29 is 23.8 Å². The predicted molar refractivity (Wildman–Crippen MR) is 120 cm³/mol. The number of fused-ring (bicyclic) bond motifs is 3. The van der Waals surface area contributed by atoms with E-state index < -0.39 is 22.9 Å². The molecule has 0 radical (unpaired) electrons. The zero-order valence-corrected chi connectivity index (χ0v) is 19.3. The lowest BCUT2D eigenvalue weighted by atomic mass is 9.55. The van der Waals surface area contributed by atoms with Gasteiger partial charge < -0.3 is 20.5 Å². The molecule has 5 rings (SSSR count). The van der Waals surface area contributed by atoms with E-state index in [0.29, 0.717) is 36.4 Å². The number of aliphatic hydroxyl groups excluding tert-OH is 1. The van der Waals surface area contributed by atoms with Gasteiger partial charge in [0.1, 0.15) is 11.6 Å². The van der Waals surface area contributed by atoms with Gasteiger partial charge in [0.05, 0.1) is 33.8 Å². The van der Waals surface area contributed by atoms with Gasteiger partial charge in [0.25, 0.3) is 5.91 Å². The summed E-state index contributed by atoms with van der Waals surface area (Å²) < 4.78 is 18.9. The van der Waals surface area contributed by atoms with Crippen LogP contribution < -0.4 is 15.4 Å². The van der Waals surface area contributed by atoms with E-state index in [0.717, 1.165) is 6.07 Å². The Bertz CT molecular complexity index is 1040. The van der Waals surface area contributed by atoms with E-state index >= 15 is 0 Å². The molecule has 1 aromatic heterocycles. The van der Waals surface area contributed by atoms with Crippen LogP contribution in [-0.4, -0.2) is 40.2 Å². The van der Waals surface area contributed by atoms with Crippen LogP contribution >= 0.6 is 23.2 Å². The Morgan fingerprint density at radius 2 is 1.94 bits per heavy atom. The maximum Gasteiger partial charge on any atom is 0.258 e. The summed E-state index contributed by atoms with van der Waals surface area (Å²) >= 11 is 11.5. The minimum atomic E-state index is -0.884. The van der Waals surface area contributed by atoms with Gasteiger partial charge >= 0.3 is 0 Å². The van der Waals surface area contributed by atoms with E-state index in [1.807, 2.05) is 0 Å². The first kappa shape index (κ1) is 23.7. The van der Waals surface area contributed by atoms with E-state index in [4.69, 9.17) is 27.9 Å². The number of rotatable bonds is 7. The summed E-state index contributed by atoms with van der Waals surface area (Å²) in [4.78, 5) is 29.6. The fraction of sp³-hybridized carbons (Fsp3) is 0.435. The summed E-state index contributed by atoms with van der Waals surface area (Å²) in [6.07, 6.45) is 2.96. The predicted octanol–water partition coefficient (Wildman–Crippen LogP) is 3.40. The first-order valence-corrected chi connectivity index (χ1v) is 11.4. The highest BCUT2D eigenvalue weighted by Crippen LogP contribution is 2.52. The lowest BCUT2D eigenvalue weighted by Crippen LogP contribution is -2.65. The van der Waals surface area contributed by atoms with E-state index in [1.54, 1.807) is 12.1 Å². The van der Waals surface area contributed by atoms with Crippen molar-refractivity contribution in [2.45, 2.75) is 50.3 Å². The monoisotopic (exact) mass is 495 g/mol. The van der Waals surface area contributed by atoms with Gasteiger partial charge in [-0.15, -0.1) is 0 Å². The molecule has 3 saturated carbocycles. The number of aliphatic hydroxyl groups is 1. The van der Waals surface area contributed by atoms with Crippen molar-refractivity contribution in [3.63, 3.8) is 0 Å². The molecule has 10 heteroatoms. The molecule has 0 aliphatic heterocycles. The largest absolute Gasteiger partial charge is 0.484 e. The Hall–Kier alpha value is -2.42. The lowest BCUT2D eigenvalue weighted by Gasteiger charge is -2.55. The molecule has 2 amide bonds. The Kier molecular flexibility index (Phi) is 6.79. The molecule has 1 aromatic carbocycles. The number of nitrogens with zero attached hydrogens (tertiary/aromatic N) is 1. The van der Waals surface area contributed by atoms with E-state index in [-0.39, 0.29) is 42.2 Å². The Balaban J connectivity index is 1.31. The van der Waals surface area contributed by atoms with Gasteiger partial charge in [-0.2, -0.15) is 0 Å². The average molecular weight is 496 g/mol. The number of hydrogen-bond acceptors (Lipinski definition) is 5. The Labute approximate surface area is 200 Å². The van der Waals surface area contributed by atoms with Crippen molar-refractivity contribution in [2.75, 3.05) is 6.61 Å². The number of amides is 2. The Morgan fingerprint density at radius 3 is 2.58 bits per heavy atom. The number of hydrogen-bond donors (Lipinski definition) is 3. The van der Waals surface area contributed by atoms with Crippen molar-refractivity contribution in [3.8, 4) is 5.75 Å². The van der Waals surface area contributed by atoms with Crippen LogP contribution in [0.1, 0.15) is 37.8 Å². The second-order valence-corrected chi connectivity index (χ2v) is 9.56. The molecule has 1 atom stereocenters. The summed E-state index contributed by atoms with van der Waals surface area (Å²) in [5, 5.41) is 17.2. The molecule has 0 spiro atoms. The van der Waals surface area contributed by atoms with Crippen LogP contribution in [0.15, 0.2) is 36.5 Å². The van der Waals surface area contributed by atoms with Gasteiger partial charge in [0.15, 0.2) is 6.61 Å². The number of carbonyl (C=O) groups excluding carboxylic acids is 2. The van der Waals surface area contributed by atoms with Crippen LogP contribution in [0.2, 0.25) is 10.0 Å². The molecular weight excluding hydrogens is 472 g/mol. The van der Waals surface area contributed by atoms with Crippen molar-refractivity contribution in [2.24, 2.45) is 5.41 Å². The first-order valence-electron chi connectivity index (χ1n) is 10.7. The van der Waals surface area contributed by atoms with Crippen LogP contribution in [0.4, 0.5) is 4.39 Å². The van der Waals surface area contributed by atoms with Crippen LogP contribution in [0.5, 0.6) is 5.75 Å². The molecule has 3 fully saturated rings. The molecule has 7 nitrogen and oxygen atoms in total. The quantitative estimate of drug-likeness (QED) is 0.546. The topological polar surface area (TPSA) is 101 Å². The van der Waals surface area contributed by atoms with Crippen molar-refractivity contribution in [1.82, 2.24) is 15.6 Å². The molecule has 2 aromatic rings. The number of benzene rings is 1. The van der Waals surface area contributed by atoms with Gasteiger partial charge in [0, 0.05) is 17.8 Å². The van der Waals surface area contributed by atoms with Crippen LogP contribution in [-0.2, 0) is 16.1 Å². The summed E-state index contributed by atoms with van der Waals surface area (Å²) in [6, 6.07) is 7.39. The number of halogens is 3. The SMILES string of the molecule is O=C(COc1ccc(Cl)c(F)c1)NC12CCC(C(=O)NCc3ccc(Cl)cn3)(CC1)[C@@H](O)C2. The third-order valence-corrected chi connectivity index (χ3v) is 7.19.